The molecule has 0 aliphatic rings. The summed E-state index contributed by atoms with van der Waals surface area (Å²) in [6.07, 6.45) is 0. The molecule has 0 radical (unpaired) electrons. The third kappa shape index (κ3) is 5.28. The van der Waals surface area contributed by atoms with Crippen LogP contribution in [0.5, 0.6) is 0 Å². The van der Waals surface area contributed by atoms with Crippen LogP contribution in [0.25, 0.3) is 0 Å². The number of carbonyl (C=O) groups excluding carboxylic acids is 3. The van der Waals surface area contributed by atoms with E-state index in [0.29, 0.717) is 16.3 Å². The zero-order chi connectivity index (χ0) is 19.9. The Labute approximate surface area is 166 Å². The van der Waals surface area contributed by atoms with Crippen LogP contribution in [0.3, 0.4) is 0 Å². The van der Waals surface area contributed by atoms with Gasteiger partial charge in [-0.05, 0) is 48.7 Å². The average Bonchev–Trinajstić information content (AvgIpc) is 3.23. The number of aryl methyl sites for hydroxylation is 1. The molecule has 1 heterocycles. The Kier molecular flexibility index (Phi) is 6.18. The van der Waals surface area contributed by atoms with Crippen LogP contribution >= 0.6 is 11.3 Å². The summed E-state index contributed by atoms with van der Waals surface area (Å²) >= 11 is 1.33. The van der Waals surface area contributed by atoms with Gasteiger partial charge in [-0.3, -0.25) is 9.59 Å². The maximum Gasteiger partial charge on any atom is 0.338 e. The van der Waals surface area contributed by atoms with Crippen LogP contribution in [0.15, 0.2) is 66.0 Å². The van der Waals surface area contributed by atoms with Crippen LogP contribution in [0, 0.1) is 6.92 Å². The van der Waals surface area contributed by atoms with Gasteiger partial charge in [-0.15, -0.1) is 11.3 Å². The number of nitrogens with one attached hydrogen (secondary N) is 2. The average molecular weight is 394 g/mol. The Morgan fingerprint density at radius 1 is 0.929 bits per heavy atom. The Balaban J connectivity index is 1.54. The van der Waals surface area contributed by atoms with E-state index in [1.54, 1.807) is 42.5 Å². The van der Waals surface area contributed by atoms with Gasteiger partial charge in [-0.25, -0.2) is 4.79 Å². The number of esters is 1. The summed E-state index contributed by atoms with van der Waals surface area (Å²) in [5, 5.41) is 7.19. The Morgan fingerprint density at radius 3 is 2.43 bits per heavy atom. The van der Waals surface area contributed by atoms with E-state index in [1.807, 2.05) is 24.4 Å². The van der Waals surface area contributed by atoms with E-state index in [2.05, 4.69) is 10.6 Å². The predicted octanol–water partition coefficient (Wildman–Crippen LogP) is 4.10. The molecule has 2 amide bonds. The molecular weight excluding hydrogens is 376 g/mol. The van der Waals surface area contributed by atoms with E-state index in [-0.39, 0.29) is 11.5 Å². The lowest BCUT2D eigenvalue weighted by Crippen LogP contribution is -2.21. The fourth-order valence-electron chi connectivity index (χ4n) is 2.37. The summed E-state index contributed by atoms with van der Waals surface area (Å²) < 4.78 is 5.06. The van der Waals surface area contributed by atoms with E-state index in [1.165, 1.54) is 17.4 Å². The minimum atomic E-state index is -0.647. The number of thiophene rings is 1. The van der Waals surface area contributed by atoms with E-state index in [0.717, 1.165) is 5.56 Å². The lowest BCUT2D eigenvalue weighted by molar-refractivity contribution is -0.119. The first-order valence-corrected chi connectivity index (χ1v) is 9.38. The van der Waals surface area contributed by atoms with Crippen molar-refractivity contribution in [1.82, 2.24) is 0 Å². The van der Waals surface area contributed by atoms with Crippen LogP contribution in [0.2, 0.25) is 0 Å². The topological polar surface area (TPSA) is 84.5 Å². The molecule has 0 aliphatic heterocycles. The molecule has 0 unspecified atom stereocenters. The first-order chi connectivity index (χ1) is 13.5. The molecule has 0 saturated carbocycles. The van der Waals surface area contributed by atoms with Crippen molar-refractivity contribution in [2.24, 2.45) is 0 Å². The zero-order valence-corrected chi connectivity index (χ0v) is 15.9. The summed E-state index contributed by atoms with van der Waals surface area (Å²) in [5.74, 6) is -1.33. The Hall–Kier alpha value is -3.45. The normalized spacial score (nSPS) is 10.2. The first-order valence-electron chi connectivity index (χ1n) is 8.50. The van der Waals surface area contributed by atoms with Crippen molar-refractivity contribution in [2.45, 2.75) is 6.92 Å². The molecule has 1 aromatic heterocycles. The lowest BCUT2D eigenvalue weighted by Gasteiger charge is -2.08. The summed E-state index contributed by atoms with van der Waals surface area (Å²) in [6.45, 7) is 1.54. The minimum absolute atomic E-state index is 0.243. The number of ether oxygens (including phenoxy) is 1. The predicted molar refractivity (Wildman–Crippen MR) is 109 cm³/mol. The van der Waals surface area contributed by atoms with Crippen LogP contribution in [-0.2, 0) is 9.53 Å². The molecule has 0 aliphatic carbocycles. The van der Waals surface area contributed by atoms with Crippen LogP contribution in [-0.4, -0.2) is 24.4 Å². The highest BCUT2D eigenvalue weighted by atomic mass is 32.1. The Bertz CT molecular complexity index is 982. The smallest absolute Gasteiger partial charge is 0.338 e. The third-order valence-corrected chi connectivity index (χ3v) is 4.64. The number of hydrogen-bond acceptors (Lipinski definition) is 5. The van der Waals surface area contributed by atoms with Crippen molar-refractivity contribution in [3.63, 3.8) is 0 Å². The lowest BCUT2D eigenvalue weighted by atomic mass is 10.2. The monoisotopic (exact) mass is 394 g/mol. The van der Waals surface area contributed by atoms with Crippen LogP contribution in [0.4, 0.5) is 11.4 Å². The third-order valence-electron chi connectivity index (χ3n) is 3.77. The zero-order valence-electron chi connectivity index (χ0n) is 15.1. The molecule has 2 aromatic carbocycles. The fraction of sp³-hybridized carbons (Fsp3) is 0.0952. The van der Waals surface area contributed by atoms with Gasteiger partial charge in [-0.2, -0.15) is 0 Å². The summed E-state index contributed by atoms with van der Waals surface area (Å²) in [5.41, 5.74) is 2.42. The molecule has 3 aromatic rings. The van der Waals surface area contributed by atoms with Gasteiger partial charge < -0.3 is 15.4 Å². The number of anilines is 2. The van der Waals surface area contributed by atoms with Crippen molar-refractivity contribution < 1.29 is 19.1 Å². The van der Waals surface area contributed by atoms with E-state index in [9.17, 15) is 14.4 Å². The molecule has 0 bridgehead atoms. The molecule has 0 fully saturated rings. The maximum atomic E-state index is 12.2. The second kappa shape index (κ2) is 8.96. The van der Waals surface area contributed by atoms with Gasteiger partial charge >= 0.3 is 5.97 Å². The molecule has 0 saturated heterocycles. The van der Waals surface area contributed by atoms with Gasteiger partial charge in [-0.1, -0.05) is 29.8 Å². The fourth-order valence-corrected chi connectivity index (χ4v) is 2.99. The van der Waals surface area contributed by atoms with E-state index >= 15 is 0 Å². The van der Waals surface area contributed by atoms with Gasteiger partial charge in [0.15, 0.2) is 6.61 Å². The highest BCUT2D eigenvalue weighted by Crippen LogP contribution is 2.15. The molecule has 2 N–H and O–H groups in total. The number of hydrogen-bond donors (Lipinski definition) is 2. The number of carbonyl (C=O) groups is 3. The highest BCUT2D eigenvalue weighted by molar-refractivity contribution is 7.12. The Morgan fingerprint density at radius 2 is 1.71 bits per heavy atom. The summed E-state index contributed by atoms with van der Waals surface area (Å²) in [4.78, 5) is 36.8. The first kappa shape index (κ1) is 19.3. The van der Waals surface area contributed by atoms with Crippen molar-refractivity contribution in [2.75, 3.05) is 17.2 Å². The van der Waals surface area contributed by atoms with Gasteiger partial charge in [0.2, 0.25) is 0 Å². The van der Waals surface area contributed by atoms with E-state index < -0.39 is 18.5 Å². The van der Waals surface area contributed by atoms with Gasteiger partial charge in [0.1, 0.15) is 0 Å². The number of benzene rings is 2. The second-order valence-electron chi connectivity index (χ2n) is 6.00. The molecule has 7 heteroatoms. The molecule has 6 nitrogen and oxygen atoms in total. The maximum absolute atomic E-state index is 12.2. The largest absolute Gasteiger partial charge is 0.452 e. The SMILES string of the molecule is Cc1ccc(NC(=O)COC(=O)c2cccc(NC(=O)c3cccs3)c2)cc1. The van der Waals surface area contributed by atoms with Crippen molar-refractivity contribution in [3.05, 3.63) is 82.0 Å². The molecule has 3 rings (SSSR count). The van der Waals surface area contributed by atoms with Gasteiger partial charge in [0, 0.05) is 11.4 Å². The van der Waals surface area contributed by atoms with E-state index in [4.69, 9.17) is 4.74 Å². The summed E-state index contributed by atoms with van der Waals surface area (Å²) in [7, 11) is 0. The molecule has 0 atom stereocenters. The number of amides is 2. The molecular formula is C21H18N2O4S. The van der Waals surface area contributed by atoms with Gasteiger partial charge in [0.25, 0.3) is 11.8 Å². The van der Waals surface area contributed by atoms with Crippen LogP contribution < -0.4 is 10.6 Å². The standard InChI is InChI=1S/C21H18N2O4S/c1-14-7-9-16(10-8-14)22-19(24)13-27-21(26)15-4-2-5-17(12-15)23-20(25)18-6-3-11-28-18/h2-12H,13H2,1H3,(H,22,24)(H,23,25). The second-order valence-corrected chi connectivity index (χ2v) is 6.95. The minimum Gasteiger partial charge on any atom is -0.452 e. The van der Waals surface area contributed by atoms with Crippen molar-refractivity contribution >= 4 is 40.5 Å². The quantitative estimate of drug-likeness (QED) is 0.617. The molecule has 28 heavy (non-hydrogen) atoms. The number of rotatable bonds is 6. The molecule has 0 spiro atoms. The van der Waals surface area contributed by atoms with Gasteiger partial charge in [0.05, 0.1) is 10.4 Å². The van der Waals surface area contributed by atoms with Crippen LogP contribution in [0.1, 0.15) is 25.6 Å². The molecule has 142 valence electrons. The highest BCUT2D eigenvalue weighted by Gasteiger charge is 2.12. The van der Waals surface area contributed by atoms with Crippen molar-refractivity contribution in [1.29, 1.82) is 0 Å². The summed E-state index contributed by atoms with van der Waals surface area (Å²) in [6, 6.07) is 17.2. The van der Waals surface area contributed by atoms with Crippen molar-refractivity contribution in [3.8, 4) is 0 Å².